The first kappa shape index (κ1) is 97.8. The lowest BCUT2D eigenvalue weighted by molar-refractivity contribution is -0.301. The number of nitrogens with two attached hydrogens (primary N) is 1. The number of Topliss-reactive ketones (excluding diaryl/α,β-unsaturated/α-hetero) is 1. The van der Waals surface area contributed by atoms with E-state index in [2.05, 4.69) is 208 Å². The van der Waals surface area contributed by atoms with E-state index in [-0.39, 0.29) is 23.5 Å². The van der Waals surface area contributed by atoms with E-state index in [0.29, 0.717) is 55.4 Å². The molecule has 5 rings (SSSR count). The predicted octanol–water partition coefficient (Wildman–Crippen LogP) is 23.2. The highest BCUT2D eigenvalue weighted by Crippen LogP contribution is 2.45. The molecule has 6 unspecified atom stereocenters. The lowest BCUT2D eigenvalue weighted by atomic mass is 9.91. The summed E-state index contributed by atoms with van der Waals surface area (Å²) in [6, 6.07) is 19.6. The number of thioether (sulfide) groups is 1. The Labute approximate surface area is 612 Å². The molecule has 1 amide bonds. The number of likely N-dealkylation sites (tertiary alicyclic amines) is 1. The molecule has 5 N–H and O–H groups in total. The molecule has 2 saturated heterocycles. The number of unbranched alkanes of at least 4 members (excludes halogenated alkanes) is 11. The maximum Gasteiger partial charge on any atom is 0.223 e. The van der Waals surface area contributed by atoms with Gasteiger partial charge in [-0.2, -0.15) is 5.48 Å². The molecule has 0 spiro atoms. The van der Waals surface area contributed by atoms with Crippen LogP contribution in [0.3, 0.4) is 0 Å². The maximum atomic E-state index is 12.8. The van der Waals surface area contributed by atoms with Crippen molar-refractivity contribution in [3.05, 3.63) is 140 Å². The van der Waals surface area contributed by atoms with Gasteiger partial charge in [-0.15, -0.1) is 17.9 Å². The number of hydrogen-bond donors (Lipinski definition) is 4. The van der Waals surface area contributed by atoms with Gasteiger partial charge in [-0.3, -0.25) is 9.63 Å². The Morgan fingerprint density at radius 1 is 0.847 bits per heavy atom. The van der Waals surface area contributed by atoms with Gasteiger partial charge in [-0.25, -0.2) is 20.2 Å². The molecule has 2 fully saturated rings. The van der Waals surface area contributed by atoms with Gasteiger partial charge in [0, 0.05) is 54.4 Å². The van der Waals surface area contributed by atoms with Gasteiger partial charge in [0.1, 0.15) is 5.78 Å². The minimum Gasteiger partial charge on any atom is -0.403 e. The van der Waals surface area contributed by atoms with E-state index in [4.69, 9.17) is 15.5 Å². The molecule has 2 aliphatic heterocycles. The van der Waals surface area contributed by atoms with E-state index in [0.717, 1.165) is 56.3 Å². The largest absolute Gasteiger partial charge is 0.403 e. The van der Waals surface area contributed by atoms with Crippen LogP contribution in [-0.4, -0.2) is 87.5 Å². The number of benzene rings is 2. The average molecular weight is 1400 g/mol. The predicted molar refractivity (Wildman–Crippen MR) is 436 cm³/mol. The SMILES string of the molecule is C=CC1CC(CONCc2ccc(C(S/C=C(\C)CC)=C(C)C)cc2)N(C(=O)CC(C)(C)C)C1.CC.CC.CC=C(C)N.CC=CCCC(C)OOC.CCCCCCCCCCCCCCC(C)=O.CNC.Cc1sc(N2C(C(C)C)NN(C)C2C)c(C(C)c2ccccc2)c1C. The minimum absolute atomic E-state index is 0.0197. The molecule has 12 nitrogen and oxygen atoms in total. The van der Waals surface area contributed by atoms with E-state index in [1.54, 1.807) is 18.7 Å². The van der Waals surface area contributed by atoms with Gasteiger partial charge in [0.25, 0.3) is 0 Å². The van der Waals surface area contributed by atoms with E-state index >= 15 is 0 Å². The Hall–Kier alpha value is -4.35. The third-order valence-electron chi connectivity index (χ3n) is 16.7. The van der Waals surface area contributed by atoms with Gasteiger partial charge in [0.05, 0.1) is 43.2 Å². The molecule has 98 heavy (non-hydrogen) atoms. The van der Waals surface area contributed by atoms with Gasteiger partial charge in [0.2, 0.25) is 5.91 Å². The van der Waals surface area contributed by atoms with Crippen LogP contribution in [0.15, 0.2) is 108 Å². The highest BCUT2D eigenvalue weighted by atomic mass is 32.2. The first-order valence-electron chi connectivity index (χ1n) is 37.7. The van der Waals surface area contributed by atoms with E-state index < -0.39 is 0 Å². The summed E-state index contributed by atoms with van der Waals surface area (Å²) in [4.78, 5) is 46.0. The summed E-state index contributed by atoms with van der Waals surface area (Å²) in [6.45, 7) is 54.3. The van der Waals surface area contributed by atoms with Crippen LogP contribution in [0.1, 0.15) is 300 Å². The maximum absolute atomic E-state index is 12.8. The lowest BCUT2D eigenvalue weighted by Crippen LogP contribution is -2.42. The number of allylic oxidation sites excluding steroid dienone is 6. The Bertz CT molecular complexity index is 2580. The number of aryl methyl sites for hydroxylation is 1. The third kappa shape index (κ3) is 44.1. The van der Waals surface area contributed by atoms with Gasteiger partial charge >= 0.3 is 0 Å². The second-order valence-electron chi connectivity index (χ2n) is 27.5. The molecule has 0 saturated carbocycles. The van der Waals surface area contributed by atoms with Crippen LogP contribution >= 0.6 is 23.1 Å². The van der Waals surface area contributed by atoms with Gasteiger partial charge in [-0.05, 0) is 173 Å². The number of rotatable bonds is 33. The number of hydroxylamine groups is 1. The van der Waals surface area contributed by atoms with Crippen LogP contribution in [0.5, 0.6) is 0 Å². The van der Waals surface area contributed by atoms with Crippen LogP contribution < -0.4 is 26.9 Å². The second kappa shape index (κ2) is 60.3. The molecule has 14 heteroatoms. The van der Waals surface area contributed by atoms with Crippen LogP contribution in [-0.2, 0) is 30.7 Å². The molecule has 1 aromatic heterocycles. The van der Waals surface area contributed by atoms with Gasteiger partial charge in [-0.1, -0.05) is 256 Å². The first-order chi connectivity index (χ1) is 46.6. The number of hydrazine groups is 1. The quantitative estimate of drug-likeness (QED) is 0.0200. The summed E-state index contributed by atoms with van der Waals surface area (Å²) in [5.41, 5.74) is 22.2. The Morgan fingerprint density at radius 3 is 1.85 bits per heavy atom. The van der Waals surface area contributed by atoms with E-state index in [9.17, 15) is 9.59 Å². The van der Waals surface area contributed by atoms with Crippen molar-refractivity contribution < 1.29 is 24.2 Å². The van der Waals surface area contributed by atoms with Crippen LogP contribution in [0.25, 0.3) is 4.91 Å². The summed E-state index contributed by atoms with van der Waals surface area (Å²) in [7, 11) is 7.43. The van der Waals surface area contributed by atoms with Crippen molar-refractivity contribution in [1.82, 2.24) is 26.1 Å². The molecule has 3 aromatic rings. The van der Waals surface area contributed by atoms with Crippen LogP contribution in [0, 0.1) is 31.1 Å². The zero-order chi connectivity index (χ0) is 75.2. The second-order valence-corrected chi connectivity index (χ2v) is 29.5. The summed E-state index contributed by atoms with van der Waals surface area (Å²) < 4.78 is 0. The molecule has 564 valence electrons. The number of anilines is 1. The molecular weight excluding hydrogens is 1250 g/mol. The molecular formula is C84H151N7O5S2. The van der Waals surface area contributed by atoms with Crippen molar-refractivity contribution in [2.45, 2.75) is 312 Å². The molecule has 0 aliphatic carbocycles. The number of carbonyl (C=O) groups is 2. The zero-order valence-electron chi connectivity index (χ0n) is 68.0. The van der Waals surface area contributed by atoms with Crippen molar-refractivity contribution in [3.8, 4) is 0 Å². The fraction of sp³-hybridized carbons (Fsp3) is 0.667. The smallest absolute Gasteiger partial charge is 0.223 e. The Balaban J connectivity index is -0.00000124. The molecule has 2 aliphatic rings. The lowest BCUT2D eigenvalue weighted by Gasteiger charge is -2.32. The Kier molecular flexibility index (Phi) is 60.1. The van der Waals surface area contributed by atoms with E-state index in [1.165, 1.54) is 126 Å². The molecule has 3 heterocycles. The molecule has 0 bridgehead atoms. The summed E-state index contributed by atoms with van der Waals surface area (Å²) >= 11 is 3.75. The molecule has 6 atom stereocenters. The standard InChI is InChI=1S/C29H44N2O2S.C21H31N3S.C16H32O.C8H16O2.C4H9N.C2H7N.2C2H6/c1-9-22(5)20-34-28(21(3)4)25-13-11-24(12-14-25)17-30-33-19-26-15-23(10-2)18-31(26)27(32)16-29(6,7)8;1-13(2)20-22-23(7)17(6)24(20)21-19(14(3)16(5)25-21)15(4)18-11-9-8-10-12-18;1-3-4-5-6-7-8-9-10-11-12-13-14-15-16(2)17;1-4-5-6-7-8(2)10-9-3;1-3-4(2)5;1-3-2;2*1-2/h10-14,20,23,26,30H,2,9,15-19H2,1,3-8H3;8-13,15,17,20,22H,1-7H3;3-15H2,1-2H3;4-5,8H,6-7H2,1-3H3;3H,5H2,1-2H3;3H,1-2H3;2*1-2H3/b22-20+;;;;;;;. The number of nitrogens with zero attached hydrogens (tertiary/aromatic N) is 3. The summed E-state index contributed by atoms with van der Waals surface area (Å²) in [5, 5.41) is 8.67. The number of ketones is 1. The van der Waals surface area contributed by atoms with Crippen LogP contribution in [0.2, 0.25) is 0 Å². The van der Waals surface area contributed by atoms with E-state index in [1.807, 2.05) is 104 Å². The highest BCUT2D eigenvalue weighted by molar-refractivity contribution is 8.11. The third-order valence-corrected chi connectivity index (χ3v) is 19.4. The number of hydrogen-bond acceptors (Lipinski definition) is 13. The zero-order valence-corrected chi connectivity index (χ0v) is 69.6. The fourth-order valence-electron chi connectivity index (χ4n) is 10.6. The molecule has 0 radical (unpaired) electrons. The van der Waals surface area contributed by atoms with Crippen molar-refractivity contribution in [3.63, 3.8) is 0 Å². The average Bonchev–Trinajstić information content (AvgIpc) is 1.61. The Morgan fingerprint density at radius 2 is 1.39 bits per heavy atom. The van der Waals surface area contributed by atoms with Crippen molar-refractivity contribution in [1.29, 1.82) is 0 Å². The minimum atomic E-state index is -0.0197. The highest BCUT2D eigenvalue weighted by Gasteiger charge is 2.40. The monoisotopic (exact) mass is 1400 g/mol. The normalized spacial score (nSPS) is 16.6. The summed E-state index contributed by atoms with van der Waals surface area (Å²) in [5.74, 6) is 1.82. The summed E-state index contributed by atoms with van der Waals surface area (Å²) in [6.07, 6.45) is 30.6. The van der Waals surface area contributed by atoms with Crippen molar-refractivity contribution >= 4 is 44.7 Å². The first-order valence-corrected chi connectivity index (χ1v) is 39.4. The van der Waals surface area contributed by atoms with Crippen molar-refractivity contribution in [2.24, 2.45) is 23.0 Å². The van der Waals surface area contributed by atoms with Crippen LogP contribution in [0.4, 0.5) is 5.00 Å². The number of carbonyl (C=O) groups excluding carboxylic acids is 2. The number of amides is 1. The fourth-order valence-corrected chi connectivity index (χ4v) is 13.0. The van der Waals surface area contributed by atoms with Gasteiger partial charge < -0.3 is 25.6 Å². The molecule has 2 aromatic carbocycles. The van der Waals surface area contributed by atoms with Gasteiger partial charge in [0.15, 0.2) is 0 Å². The number of thiophene rings is 1. The van der Waals surface area contributed by atoms with Crippen molar-refractivity contribution in [2.75, 3.05) is 46.3 Å². The number of nitrogens with one attached hydrogen (secondary N) is 3. The topological polar surface area (TPSA) is 134 Å².